The molecule has 1 atom stereocenters. The molecule has 1 heterocycles. The molecule has 2 amide bonds. The number of ether oxygens (including phenoxy) is 1. The molecule has 0 saturated carbocycles. The van der Waals surface area contributed by atoms with Crippen molar-refractivity contribution < 1.29 is 14.6 Å². The fraction of sp³-hybridized carbons (Fsp3) is 0.353. The van der Waals surface area contributed by atoms with E-state index in [4.69, 9.17) is 4.74 Å². The first-order valence-electron chi connectivity index (χ1n) is 7.45. The van der Waals surface area contributed by atoms with Crippen LogP contribution in [0.5, 0.6) is 5.75 Å². The summed E-state index contributed by atoms with van der Waals surface area (Å²) < 4.78 is 5.55. The minimum Gasteiger partial charge on any atom is -0.492 e. The molecule has 0 spiro atoms. The van der Waals surface area contributed by atoms with E-state index < -0.39 is 5.60 Å². The summed E-state index contributed by atoms with van der Waals surface area (Å²) in [5.74, 6) is 0.785. The van der Waals surface area contributed by atoms with Gasteiger partial charge in [0, 0.05) is 4.88 Å². The number of nitrogens with one attached hydrogen (secondary N) is 2. The maximum atomic E-state index is 11.7. The van der Waals surface area contributed by atoms with Crippen molar-refractivity contribution >= 4 is 17.4 Å². The van der Waals surface area contributed by atoms with Gasteiger partial charge in [0.15, 0.2) is 0 Å². The number of hydrogen-bond donors (Lipinski definition) is 3. The Balaban J connectivity index is 1.65. The minimum absolute atomic E-state index is 0.151. The second-order valence-corrected chi connectivity index (χ2v) is 6.47. The summed E-state index contributed by atoms with van der Waals surface area (Å²) in [4.78, 5) is 12.6. The lowest BCUT2D eigenvalue weighted by molar-refractivity contribution is 0.0631. The minimum atomic E-state index is -1.07. The Morgan fingerprint density at radius 1 is 1.30 bits per heavy atom. The summed E-state index contributed by atoms with van der Waals surface area (Å²) in [6.45, 7) is 4.61. The van der Waals surface area contributed by atoms with Crippen molar-refractivity contribution in [2.75, 3.05) is 19.7 Å². The van der Waals surface area contributed by atoms with E-state index >= 15 is 0 Å². The van der Waals surface area contributed by atoms with Crippen molar-refractivity contribution in [3.63, 3.8) is 0 Å². The van der Waals surface area contributed by atoms with Crippen LogP contribution in [-0.4, -0.2) is 30.8 Å². The maximum absolute atomic E-state index is 11.7. The second kappa shape index (κ2) is 7.99. The Morgan fingerprint density at radius 3 is 2.83 bits per heavy atom. The molecule has 5 nitrogen and oxygen atoms in total. The van der Waals surface area contributed by atoms with Gasteiger partial charge in [-0.1, -0.05) is 18.2 Å². The molecule has 0 radical (unpaired) electrons. The van der Waals surface area contributed by atoms with Gasteiger partial charge >= 0.3 is 6.03 Å². The van der Waals surface area contributed by atoms with Gasteiger partial charge < -0.3 is 20.5 Å². The molecule has 0 aliphatic rings. The first kappa shape index (κ1) is 17.3. The molecule has 2 rings (SSSR count). The van der Waals surface area contributed by atoms with Crippen molar-refractivity contribution in [1.29, 1.82) is 0 Å². The van der Waals surface area contributed by atoms with E-state index in [2.05, 4.69) is 10.6 Å². The van der Waals surface area contributed by atoms with Crippen LogP contribution >= 0.6 is 11.3 Å². The van der Waals surface area contributed by atoms with Gasteiger partial charge in [0.05, 0.1) is 13.1 Å². The Labute approximate surface area is 140 Å². The zero-order valence-corrected chi connectivity index (χ0v) is 14.2. The number of aliphatic hydroxyl groups is 1. The van der Waals surface area contributed by atoms with Crippen molar-refractivity contribution in [3.05, 3.63) is 52.2 Å². The van der Waals surface area contributed by atoms with Crippen LogP contribution in [0.4, 0.5) is 4.79 Å². The van der Waals surface area contributed by atoms with Crippen LogP contribution < -0.4 is 15.4 Å². The number of benzene rings is 1. The van der Waals surface area contributed by atoms with Gasteiger partial charge in [-0.2, -0.15) is 0 Å². The lowest BCUT2D eigenvalue weighted by Crippen LogP contribution is -2.44. The molecular weight excluding hydrogens is 312 g/mol. The van der Waals surface area contributed by atoms with Crippen LogP contribution in [0.1, 0.15) is 17.4 Å². The molecule has 23 heavy (non-hydrogen) atoms. The third-order valence-electron chi connectivity index (χ3n) is 3.29. The molecule has 0 fully saturated rings. The summed E-state index contributed by atoms with van der Waals surface area (Å²) >= 11 is 1.46. The standard InChI is InChI=1S/C17H22N2O3S/c1-13-5-3-6-14(11-13)22-9-8-18-16(20)19-12-17(2,21)15-7-4-10-23-15/h3-7,10-11,21H,8-9,12H2,1-2H3,(H2,18,19,20). The van der Waals surface area contributed by atoms with Gasteiger partial charge in [-0.05, 0) is 43.0 Å². The van der Waals surface area contributed by atoms with Crippen LogP contribution in [0.2, 0.25) is 0 Å². The molecule has 6 heteroatoms. The number of urea groups is 1. The summed E-state index contributed by atoms with van der Waals surface area (Å²) in [6, 6.07) is 11.1. The van der Waals surface area contributed by atoms with Crippen LogP contribution in [-0.2, 0) is 5.60 Å². The van der Waals surface area contributed by atoms with E-state index in [1.807, 2.05) is 48.7 Å². The Kier molecular flexibility index (Phi) is 6.01. The van der Waals surface area contributed by atoms with Gasteiger partial charge in [-0.25, -0.2) is 4.79 Å². The molecule has 0 bridgehead atoms. The first-order chi connectivity index (χ1) is 11.0. The quantitative estimate of drug-likeness (QED) is 0.682. The van der Waals surface area contributed by atoms with E-state index in [1.165, 1.54) is 11.3 Å². The molecule has 0 aliphatic carbocycles. The van der Waals surface area contributed by atoms with E-state index in [0.29, 0.717) is 13.2 Å². The fourth-order valence-electron chi connectivity index (χ4n) is 2.03. The van der Waals surface area contributed by atoms with Gasteiger partial charge in [0.1, 0.15) is 18.0 Å². The summed E-state index contributed by atoms with van der Waals surface area (Å²) in [5, 5.41) is 17.6. The van der Waals surface area contributed by atoms with E-state index in [-0.39, 0.29) is 12.6 Å². The van der Waals surface area contributed by atoms with Crippen molar-refractivity contribution in [3.8, 4) is 5.75 Å². The van der Waals surface area contributed by atoms with Crippen LogP contribution in [0, 0.1) is 6.92 Å². The molecule has 3 N–H and O–H groups in total. The van der Waals surface area contributed by atoms with Crippen LogP contribution in [0.25, 0.3) is 0 Å². The molecule has 2 aromatic rings. The van der Waals surface area contributed by atoms with Crippen molar-refractivity contribution in [2.45, 2.75) is 19.4 Å². The molecule has 1 aromatic carbocycles. The smallest absolute Gasteiger partial charge is 0.315 e. The Morgan fingerprint density at radius 2 is 2.13 bits per heavy atom. The number of aryl methyl sites for hydroxylation is 1. The average molecular weight is 334 g/mol. The molecule has 0 aliphatic heterocycles. The highest BCUT2D eigenvalue weighted by Gasteiger charge is 2.24. The lowest BCUT2D eigenvalue weighted by atomic mass is 10.1. The lowest BCUT2D eigenvalue weighted by Gasteiger charge is -2.22. The summed E-state index contributed by atoms with van der Waals surface area (Å²) in [5.41, 5.74) is 0.0628. The monoisotopic (exact) mass is 334 g/mol. The highest BCUT2D eigenvalue weighted by Crippen LogP contribution is 2.24. The van der Waals surface area contributed by atoms with Crippen molar-refractivity contribution in [2.24, 2.45) is 0 Å². The van der Waals surface area contributed by atoms with E-state index in [9.17, 15) is 9.90 Å². The highest BCUT2D eigenvalue weighted by atomic mass is 32.1. The maximum Gasteiger partial charge on any atom is 0.315 e. The molecule has 124 valence electrons. The molecular formula is C17H22N2O3S. The Hall–Kier alpha value is -2.05. The normalized spacial score (nSPS) is 13.2. The third kappa shape index (κ3) is 5.58. The van der Waals surface area contributed by atoms with Crippen molar-refractivity contribution in [1.82, 2.24) is 10.6 Å². The molecule has 1 aromatic heterocycles. The zero-order chi connectivity index (χ0) is 16.7. The third-order valence-corrected chi connectivity index (χ3v) is 4.41. The molecule has 0 saturated heterocycles. The van der Waals surface area contributed by atoms with Gasteiger partial charge in [0.25, 0.3) is 0 Å². The zero-order valence-electron chi connectivity index (χ0n) is 13.3. The molecule has 1 unspecified atom stereocenters. The van der Waals surface area contributed by atoms with Gasteiger partial charge in [-0.15, -0.1) is 11.3 Å². The fourth-order valence-corrected chi connectivity index (χ4v) is 2.81. The predicted molar refractivity (Wildman–Crippen MR) is 92.0 cm³/mol. The first-order valence-corrected chi connectivity index (χ1v) is 8.33. The number of hydrogen-bond acceptors (Lipinski definition) is 4. The number of amides is 2. The number of carbonyl (C=O) groups is 1. The SMILES string of the molecule is Cc1cccc(OCCNC(=O)NCC(C)(O)c2cccs2)c1. The highest BCUT2D eigenvalue weighted by molar-refractivity contribution is 7.10. The topological polar surface area (TPSA) is 70.6 Å². The average Bonchev–Trinajstić information content (AvgIpc) is 3.05. The summed E-state index contributed by atoms with van der Waals surface area (Å²) in [7, 11) is 0. The van der Waals surface area contributed by atoms with Gasteiger partial charge in [0.2, 0.25) is 0 Å². The van der Waals surface area contributed by atoms with Crippen LogP contribution in [0.3, 0.4) is 0 Å². The van der Waals surface area contributed by atoms with E-state index in [1.54, 1.807) is 6.92 Å². The summed E-state index contributed by atoms with van der Waals surface area (Å²) in [6.07, 6.45) is 0. The second-order valence-electron chi connectivity index (χ2n) is 5.53. The van der Waals surface area contributed by atoms with Gasteiger partial charge in [-0.3, -0.25) is 0 Å². The number of thiophene rings is 1. The van der Waals surface area contributed by atoms with Crippen LogP contribution in [0.15, 0.2) is 41.8 Å². The number of rotatable bonds is 7. The largest absolute Gasteiger partial charge is 0.492 e. The predicted octanol–water partition coefficient (Wildman–Crippen LogP) is 2.64. The Bertz CT molecular complexity index is 627. The van der Waals surface area contributed by atoms with E-state index in [0.717, 1.165) is 16.2 Å². The number of carbonyl (C=O) groups excluding carboxylic acids is 1.